The lowest BCUT2D eigenvalue weighted by Gasteiger charge is -2.17. The van der Waals surface area contributed by atoms with Gasteiger partial charge in [0, 0.05) is 5.56 Å². The fourth-order valence-corrected chi connectivity index (χ4v) is 3.03. The number of thiocarbonyl (C=S) groups is 1. The lowest BCUT2D eigenvalue weighted by Crippen LogP contribution is -2.31. The van der Waals surface area contributed by atoms with Gasteiger partial charge in [0.15, 0.2) is 5.11 Å². The highest BCUT2D eigenvalue weighted by molar-refractivity contribution is 7.98. The summed E-state index contributed by atoms with van der Waals surface area (Å²) in [6.45, 7) is 3.00. The van der Waals surface area contributed by atoms with Crippen molar-refractivity contribution in [1.29, 1.82) is 0 Å². The fourth-order valence-electron chi connectivity index (χ4n) is 2.26. The molecule has 0 radical (unpaired) electrons. The molecular formula is C15H20N2O2S2. The predicted molar refractivity (Wildman–Crippen MR) is 90.7 cm³/mol. The standard InChI is InChI=1S/C15H20N2O2S2/c1-3-19-13-7-5-4-6-11(13)10-17-14(18)12(8-9-21-2)16-15(17)20/h4-7,12H,3,8-10H2,1-2H3,(H,16,20). The summed E-state index contributed by atoms with van der Waals surface area (Å²) in [5.74, 6) is 1.80. The number of hydrogen-bond acceptors (Lipinski definition) is 4. The molecule has 0 bridgehead atoms. The van der Waals surface area contributed by atoms with Crippen LogP contribution in [-0.4, -0.2) is 40.6 Å². The minimum atomic E-state index is -0.191. The first-order valence-electron chi connectivity index (χ1n) is 6.99. The van der Waals surface area contributed by atoms with Crippen molar-refractivity contribution >= 4 is 35.0 Å². The number of benzene rings is 1. The molecule has 1 aliphatic heterocycles. The summed E-state index contributed by atoms with van der Waals surface area (Å²) in [7, 11) is 0. The molecule has 1 atom stereocenters. The van der Waals surface area contributed by atoms with E-state index in [0.717, 1.165) is 23.5 Å². The molecule has 21 heavy (non-hydrogen) atoms. The molecule has 0 saturated carbocycles. The van der Waals surface area contributed by atoms with Crippen LogP contribution in [0.25, 0.3) is 0 Å². The molecule has 6 heteroatoms. The second-order valence-electron chi connectivity index (χ2n) is 4.75. The molecule has 1 amide bonds. The molecule has 1 unspecified atom stereocenters. The van der Waals surface area contributed by atoms with Crippen LogP contribution in [0, 0.1) is 0 Å². The molecule has 0 aromatic heterocycles. The quantitative estimate of drug-likeness (QED) is 0.780. The second kappa shape index (κ2) is 7.66. The number of carbonyl (C=O) groups excluding carboxylic acids is 1. The summed E-state index contributed by atoms with van der Waals surface area (Å²) in [5.41, 5.74) is 0.974. The number of thioether (sulfide) groups is 1. The van der Waals surface area contributed by atoms with E-state index in [1.807, 2.05) is 37.4 Å². The Hall–Kier alpha value is -1.27. The van der Waals surface area contributed by atoms with Gasteiger partial charge >= 0.3 is 0 Å². The summed E-state index contributed by atoms with van der Waals surface area (Å²) < 4.78 is 5.60. The highest BCUT2D eigenvalue weighted by Gasteiger charge is 2.35. The first-order chi connectivity index (χ1) is 10.2. The first kappa shape index (κ1) is 16.1. The lowest BCUT2D eigenvalue weighted by molar-refractivity contribution is -0.127. The summed E-state index contributed by atoms with van der Waals surface area (Å²) in [5, 5.41) is 3.63. The number of hydrogen-bond donors (Lipinski definition) is 1. The molecule has 1 aliphatic rings. The zero-order chi connectivity index (χ0) is 15.2. The molecule has 1 N–H and O–H groups in total. The number of nitrogens with zero attached hydrogens (tertiary/aromatic N) is 1. The van der Waals surface area contributed by atoms with Crippen LogP contribution in [0.1, 0.15) is 18.9 Å². The maximum absolute atomic E-state index is 12.4. The average molecular weight is 324 g/mol. The van der Waals surface area contributed by atoms with E-state index in [9.17, 15) is 4.79 Å². The number of nitrogens with one attached hydrogen (secondary N) is 1. The number of ether oxygens (including phenoxy) is 1. The summed E-state index contributed by atoms with van der Waals surface area (Å²) in [6.07, 6.45) is 2.83. The number of para-hydroxylation sites is 1. The van der Waals surface area contributed by atoms with Crippen LogP contribution < -0.4 is 10.1 Å². The Morgan fingerprint density at radius 1 is 1.43 bits per heavy atom. The normalized spacial score (nSPS) is 18.0. The van der Waals surface area contributed by atoms with Crippen LogP contribution in [0.15, 0.2) is 24.3 Å². The van der Waals surface area contributed by atoms with Crippen molar-refractivity contribution in [3.05, 3.63) is 29.8 Å². The molecule has 1 heterocycles. The molecule has 1 fully saturated rings. The molecule has 0 aliphatic carbocycles. The number of rotatable bonds is 7. The van der Waals surface area contributed by atoms with Gasteiger partial charge in [-0.1, -0.05) is 18.2 Å². The average Bonchev–Trinajstić information content (AvgIpc) is 2.75. The summed E-state index contributed by atoms with van der Waals surface area (Å²) >= 11 is 7.03. The van der Waals surface area contributed by atoms with Crippen LogP contribution in [0.5, 0.6) is 5.75 Å². The molecule has 0 spiro atoms. The highest BCUT2D eigenvalue weighted by Crippen LogP contribution is 2.22. The highest BCUT2D eigenvalue weighted by atomic mass is 32.2. The first-order valence-corrected chi connectivity index (χ1v) is 8.79. The van der Waals surface area contributed by atoms with E-state index < -0.39 is 0 Å². The van der Waals surface area contributed by atoms with Crippen molar-refractivity contribution in [1.82, 2.24) is 10.2 Å². The van der Waals surface area contributed by atoms with Gasteiger partial charge in [0.1, 0.15) is 11.8 Å². The Labute approximate surface area is 135 Å². The summed E-state index contributed by atoms with van der Waals surface area (Å²) in [4.78, 5) is 14.1. The Bertz CT molecular complexity index is 522. The van der Waals surface area contributed by atoms with Crippen molar-refractivity contribution in [2.75, 3.05) is 18.6 Å². The van der Waals surface area contributed by atoms with Gasteiger partial charge in [0.25, 0.3) is 5.91 Å². The van der Waals surface area contributed by atoms with Crippen molar-refractivity contribution in [2.45, 2.75) is 25.9 Å². The molecule has 1 saturated heterocycles. The second-order valence-corrected chi connectivity index (χ2v) is 6.12. The zero-order valence-corrected chi connectivity index (χ0v) is 13.9. The minimum Gasteiger partial charge on any atom is -0.494 e. The maximum atomic E-state index is 12.4. The fraction of sp³-hybridized carbons (Fsp3) is 0.467. The van der Waals surface area contributed by atoms with Gasteiger partial charge in [-0.15, -0.1) is 0 Å². The number of carbonyl (C=O) groups is 1. The van der Waals surface area contributed by atoms with Gasteiger partial charge in [-0.25, -0.2) is 0 Å². The maximum Gasteiger partial charge on any atom is 0.251 e. The van der Waals surface area contributed by atoms with E-state index in [1.165, 1.54) is 0 Å². The van der Waals surface area contributed by atoms with Gasteiger partial charge in [-0.3, -0.25) is 9.69 Å². The van der Waals surface area contributed by atoms with E-state index in [-0.39, 0.29) is 11.9 Å². The third-order valence-electron chi connectivity index (χ3n) is 3.32. The largest absolute Gasteiger partial charge is 0.494 e. The monoisotopic (exact) mass is 324 g/mol. The topological polar surface area (TPSA) is 41.6 Å². The Balaban J connectivity index is 2.09. The van der Waals surface area contributed by atoms with Crippen molar-refractivity contribution < 1.29 is 9.53 Å². The van der Waals surface area contributed by atoms with Gasteiger partial charge in [-0.2, -0.15) is 11.8 Å². The van der Waals surface area contributed by atoms with Crippen LogP contribution in [0.2, 0.25) is 0 Å². The lowest BCUT2D eigenvalue weighted by atomic mass is 10.1. The van der Waals surface area contributed by atoms with Gasteiger partial charge < -0.3 is 10.1 Å². The summed E-state index contributed by atoms with van der Waals surface area (Å²) in [6, 6.07) is 7.57. The molecule has 114 valence electrons. The Morgan fingerprint density at radius 3 is 2.90 bits per heavy atom. The van der Waals surface area contributed by atoms with Crippen molar-refractivity contribution in [3.63, 3.8) is 0 Å². The smallest absolute Gasteiger partial charge is 0.251 e. The van der Waals surface area contributed by atoms with Crippen LogP contribution in [0.3, 0.4) is 0 Å². The van der Waals surface area contributed by atoms with Crippen molar-refractivity contribution in [2.24, 2.45) is 0 Å². The van der Waals surface area contributed by atoms with E-state index in [2.05, 4.69) is 5.32 Å². The zero-order valence-electron chi connectivity index (χ0n) is 12.3. The predicted octanol–water partition coefficient (Wildman–Crippen LogP) is 2.42. The van der Waals surface area contributed by atoms with E-state index in [4.69, 9.17) is 17.0 Å². The molecule has 1 aromatic rings. The van der Waals surface area contributed by atoms with E-state index in [0.29, 0.717) is 18.3 Å². The SMILES string of the molecule is CCOc1ccccc1CN1C(=O)C(CCSC)NC1=S. The minimum absolute atomic E-state index is 0.0559. The van der Waals surface area contributed by atoms with Crippen molar-refractivity contribution in [3.8, 4) is 5.75 Å². The number of amides is 1. The Morgan fingerprint density at radius 2 is 2.19 bits per heavy atom. The third-order valence-corrected chi connectivity index (χ3v) is 4.30. The molecule has 2 rings (SSSR count). The van der Waals surface area contributed by atoms with Gasteiger partial charge in [0.2, 0.25) is 0 Å². The molecular weight excluding hydrogens is 304 g/mol. The Kier molecular flexibility index (Phi) is 5.87. The van der Waals surface area contributed by atoms with Gasteiger partial charge in [-0.05, 0) is 43.6 Å². The van der Waals surface area contributed by atoms with E-state index in [1.54, 1.807) is 16.7 Å². The third kappa shape index (κ3) is 3.89. The molecule has 4 nitrogen and oxygen atoms in total. The molecule has 1 aromatic carbocycles. The van der Waals surface area contributed by atoms with Crippen LogP contribution in [-0.2, 0) is 11.3 Å². The van der Waals surface area contributed by atoms with Crippen LogP contribution in [0.4, 0.5) is 0 Å². The van der Waals surface area contributed by atoms with Gasteiger partial charge in [0.05, 0.1) is 13.2 Å². The van der Waals surface area contributed by atoms with Crippen LogP contribution >= 0.6 is 24.0 Å². The van der Waals surface area contributed by atoms with E-state index >= 15 is 0 Å².